The predicted octanol–water partition coefficient (Wildman–Crippen LogP) is 1.57. The molecule has 0 spiro atoms. The Morgan fingerprint density at radius 1 is 1.38 bits per heavy atom. The third kappa shape index (κ3) is 3.52. The standard InChI is InChI=1S/C13H16N4O3S/c1-13(2,3)17-11(8-5-4-6-9(18)14-8)15-16-12(17)21-7-10(19)20/h4-6H,7H2,1-3H3,(H,14,18)(H,19,20). The van der Waals surface area contributed by atoms with Gasteiger partial charge in [-0.25, -0.2) is 0 Å². The lowest BCUT2D eigenvalue weighted by Gasteiger charge is -2.24. The van der Waals surface area contributed by atoms with Crippen LogP contribution in [0.15, 0.2) is 28.2 Å². The molecular weight excluding hydrogens is 292 g/mol. The van der Waals surface area contributed by atoms with Crippen molar-refractivity contribution < 1.29 is 9.90 Å². The van der Waals surface area contributed by atoms with E-state index in [4.69, 9.17) is 5.11 Å². The number of nitrogens with zero attached hydrogens (tertiary/aromatic N) is 3. The molecule has 2 aromatic heterocycles. The normalized spacial score (nSPS) is 11.6. The molecule has 2 N–H and O–H groups in total. The quantitative estimate of drug-likeness (QED) is 0.831. The van der Waals surface area contributed by atoms with Crippen LogP contribution in [0.2, 0.25) is 0 Å². The number of aromatic amines is 1. The molecule has 2 heterocycles. The summed E-state index contributed by atoms with van der Waals surface area (Å²) in [6.07, 6.45) is 0. The Morgan fingerprint density at radius 2 is 2.10 bits per heavy atom. The molecule has 0 aliphatic rings. The molecule has 21 heavy (non-hydrogen) atoms. The summed E-state index contributed by atoms with van der Waals surface area (Å²) in [4.78, 5) is 24.9. The van der Waals surface area contributed by atoms with E-state index < -0.39 is 5.97 Å². The zero-order valence-corrected chi connectivity index (χ0v) is 12.8. The van der Waals surface area contributed by atoms with Crippen molar-refractivity contribution in [2.45, 2.75) is 31.5 Å². The number of carboxylic acid groups (broad SMARTS) is 1. The summed E-state index contributed by atoms with van der Waals surface area (Å²) < 4.78 is 1.83. The first-order valence-corrected chi connectivity index (χ1v) is 7.28. The van der Waals surface area contributed by atoms with Crippen molar-refractivity contribution in [3.63, 3.8) is 0 Å². The maximum Gasteiger partial charge on any atom is 0.313 e. The Morgan fingerprint density at radius 3 is 2.67 bits per heavy atom. The first-order chi connectivity index (χ1) is 9.79. The van der Waals surface area contributed by atoms with E-state index in [9.17, 15) is 9.59 Å². The van der Waals surface area contributed by atoms with Gasteiger partial charge in [-0.15, -0.1) is 10.2 Å². The van der Waals surface area contributed by atoms with Gasteiger partial charge in [-0.2, -0.15) is 0 Å². The van der Waals surface area contributed by atoms with Gasteiger partial charge in [0.15, 0.2) is 11.0 Å². The van der Waals surface area contributed by atoms with Gasteiger partial charge in [-0.05, 0) is 26.8 Å². The van der Waals surface area contributed by atoms with Gasteiger partial charge in [0.25, 0.3) is 0 Å². The number of aliphatic carboxylic acids is 1. The van der Waals surface area contributed by atoms with Crippen LogP contribution in [0.1, 0.15) is 20.8 Å². The molecule has 0 unspecified atom stereocenters. The lowest BCUT2D eigenvalue weighted by molar-refractivity contribution is -0.133. The summed E-state index contributed by atoms with van der Waals surface area (Å²) in [6.45, 7) is 5.89. The number of thioether (sulfide) groups is 1. The first kappa shape index (κ1) is 15.3. The smallest absolute Gasteiger partial charge is 0.313 e. The molecule has 0 aliphatic heterocycles. The SMILES string of the molecule is CC(C)(C)n1c(SCC(=O)O)nnc1-c1cccc(=O)[nH]1. The minimum atomic E-state index is -0.918. The molecule has 0 aromatic carbocycles. The van der Waals surface area contributed by atoms with E-state index in [1.165, 1.54) is 6.07 Å². The molecule has 0 amide bonds. The van der Waals surface area contributed by atoms with Gasteiger partial charge in [0.2, 0.25) is 5.56 Å². The molecule has 0 saturated carbocycles. The Labute approximate surface area is 125 Å². The van der Waals surface area contributed by atoms with Crippen LogP contribution in [0.25, 0.3) is 11.5 Å². The number of H-pyrrole nitrogens is 1. The highest BCUT2D eigenvalue weighted by molar-refractivity contribution is 7.99. The molecule has 7 nitrogen and oxygen atoms in total. The van der Waals surface area contributed by atoms with Gasteiger partial charge >= 0.3 is 5.97 Å². The molecule has 0 aliphatic carbocycles. The number of carboxylic acids is 1. The lowest BCUT2D eigenvalue weighted by Crippen LogP contribution is -2.24. The van der Waals surface area contributed by atoms with E-state index >= 15 is 0 Å². The van der Waals surface area contributed by atoms with E-state index in [0.29, 0.717) is 16.7 Å². The van der Waals surface area contributed by atoms with Crippen LogP contribution >= 0.6 is 11.8 Å². The van der Waals surface area contributed by atoms with Crippen molar-refractivity contribution in [1.29, 1.82) is 0 Å². The number of rotatable bonds is 4. The Kier molecular flexibility index (Phi) is 4.17. The molecule has 0 atom stereocenters. The van der Waals surface area contributed by atoms with E-state index in [-0.39, 0.29) is 16.9 Å². The topological polar surface area (TPSA) is 101 Å². The van der Waals surface area contributed by atoms with Gasteiger partial charge in [0, 0.05) is 11.6 Å². The highest BCUT2D eigenvalue weighted by Crippen LogP contribution is 2.29. The second-order valence-electron chi connectivity index (χ2n) is 5.42. The van der Waals surface area contributed by atoms with Crippen LogP contribution in [0.5, 0.6) is 0 Å². The summed E-state index contributed by atoms with van der Waals surface area (Å²) in [5.74, 6) is -0.509. The number of pyridine rings is 1. The Balaban J connectivity index is 2.52. The fraction of sp³-hybridized carbons (Fsp3) is 0.385. The highest BCUT2D eigenvalue weighted by Gasteiger charge is 2.25. The van der Waals surface area contributed by atoms with E-state index in [2.05, 4.69) is 15.2 Å². The van der Waals surface area contributed by atoms with Crippen molar-refractivity contribution >= 4 is 17.7 Å². The van der Waals surface area contributed by atoms with Crippen molar-refractivity contribution in [2.24, 2.45) is 0 Å². The minimum Gasteiger partial charge on any atom is -0.481 e. The van der Waals surface area contributed by atoms with Crippen molar-refractivity contribution in [3.8, 4) is 11.5 Å². The summed E-state index contributed by atoms with van der Waals surface area (Å²) in [5.41, 5.74) is -0.0327. The molecular formula is C13H16N4O3S. The van der Waals surface area contributed by atoms with Crippen molar-refractivity contribution in [3.05, 3.63) is 28.6 Å². The van der Waals surface area contributed by atoms with Crippen LogP contribution in [0.3, 0.4) is 0 Å². The number of aromatic nitrogens is 4. The van der Waals surface area contributed by atoms with E-state index in [0.717, 1.165) is 11.8 Å². The summed E-state index contributed by atoms with van der Waals surface area (Å²) >= 11 is 1.10. The van der Waals surface area contributed by atoms with Crippen LogP contribution in [-0.2, 0) is 10.3 Å². The van der Waals surface area contributed by atoms with Gasteiger partial charge in [0.05, 0.1) is 11.4 Å². The average molecular weight is 308 g/mol. The number of nitrogens with one attached hydrogen (secondary N) is 1. The molecule has 2 aromatic rings. The zero-order chi connectivity index (χ0) is 15.6. The largest absolute Gasteiger partial charge is 0.481 e. The maximum absolute atomic E-state index is 11.5. The molecule has 2 rings (SSSR count). The van der Waals surface area contributed by atoms with E-state index in [1.807, 2.05) is 25.3 Å². The molecule has 0 saturated heterocycles. The van der Waals surface area contributed by atoms with Crippen molar-refractivity contribution in [2.75, 3.05) is 5.75 Å². The first-order valence-electron chi connectivity index (χ1n) is 6.29. The average Bonchev–Trinajstić information content (AvgIpc) is 2.80. The maximum atomic E-state index is 11.5. The van der Waals surface area contributed by atoms with Gasteiger partial charge in [-0.1, -0.05) is 17.8 Å². The van der Waals surface area contributed by atoms with E-state index in [1.54, 1.807) is 12.1 Å². The molecule has 0 fully saturated rings. The number of hydrogen-bond acceptors (Lipinski definition) is 5. The monoisotopic (exact) mass is 308 g/mol. The van der Waals surface area contributed by atoms with Crippen LogP contribution in [-0.4, -0.2) is 36.6 Å². The third-order valence-corrected chi connectivity index (χ3v) is 3.55. The molecule has 8 heteroatoms. The molecule has 0 bridgehead atoms. The van der Waals surface area contributed by atoms with Crippen LogP contribution in [0.4, 0.5) is 0 Å². The Bertz CT molecular complexity index is 715. The van der Waals surface area contributed by atoms with Crippen molar-refractivity contribution in [1.82, 2.24) is 19.7 Å². The second-order valence-corrected chi connectivity index (χ2v) is 6.37. The summed E-state index contributed by atoms with van der Waals surface area (Å²) in [6, 6.07) is 4.79. The zero-order valence-electron chi connectivity index (χ0n) is 12.0. The van der Waals surface area contributed by atoms with Crippen LogP contribution in [0, 0.1) is 0 Å². The lowest BCUT2D eigenvalue weighted by atomic mass is 10.1. The molecule has 112 valence electrons. The molecule has 0 radical (unpaired) electrons. The third-order valence-electron chi connectivity index (χ3n) is 2.64. The van der Waals surface area contributed by atoms with Crippen LogP contribution < -0.4 is 5.56 Å². The predicted molar refractivity (Wildman–Crippen MR) is 79.4 cm³/mol. The highest BCUT2D eigenvalue weighted by atomic mass is 32.2. The van der Waals surface area contributed by atoms with Gasteiger partial charge < -0.3 is 10.1 Å². The summed E-state index contributed by atoms with van der Waals surface area (Å²) in [7, 11) is 0. The Hall–Kier alpha value is -2.09. The summed E-state index contributed by atoms with van der Waals surface area (Å²) in [5, 5.41) is 17.5. The number of carbonyl (C=O) groups is 1. The minimum absolute atomic E-state index is 0.0977. The number of hydrogen-bond donors (Lipinski definition) is 2. The van der Waals surface area contributed by atoms with Gasteiger partial charge in [-0.3, -0.25) is 14.2 Å². The second kappa shape index (κ2) is 5.72. The fourth-order valence-electron chi connectivity index (χ4n) is 1.85. The van der Waals surface area contributed by atoms with Gasteiger partial charge in [0.1, 0.15) is 0 Å². The fourth-order valence-corrected chi connectivity index (χ4v) is 2.69.